The van der Waals surface area contributed by atoms with Crippen LogP contribution in [0, 0.1) is 12.7 Å². The Labute approximate surface area is 216 Å². The average molecular weight is 504 g/mol. The van der Waals surface area contributed by atoms with Crippen LogP contribution in [0.1, 0.15) is 11.1 Å². The molecule has 5 rings (SSSR count). The van der Waals surface area contributed by atoms with E-state index in [9.17, 15) is 4.39 Å². The van der Waals surface area contributed by atoms with Gasteiger partial charge in [0.15, 0.2) is 11.4 Å². The van der Waals surface area contributed by atoms with Gasteiger partial charge in [0.05, 0.1) is 6.54 Å². The molecule has 4 aromatic carbocycles. The number of aryl methyl sites for hydroxylation is 3. The minimum atomic E-state index is -0.245. The van der Waals surface area contributed by atoms with Crippen molar-refractivity contribution >= 4 is 11.6 Å². The fraction of sp³-hybridized carbons (Fsp3) is 0.100. The zero-order chi connectivity index (χ0) is 23.5. The Bertz CT molecular complexity index is 1390. The summed E-state index contributed by atoms with van der Waals surface area (Å²) in [6.07, 6.45) is 3.04. The monoisotopic (exact) mass is 503 g/mol. The van der Waals surface area contributed by atoms with Gasteiger partial charge < -0.3 is 12.4 Å². The molecule has 35 heavy (non-hydrogen) atoms. The minimum absolute atomic E-state index is 0. The fourth-order valence-electron chi connectivity index (χ4n) is 4.26. The molecule has 0 aliphatic carbocycles. The molecule has 0 unspecified atom stereocenters. The second kappa shape index (κ2) is 10.9. The van der Waals surface area contributed by atoms with Crippen molar-refractivity contribution in [2.75, 3.05) is 0 Å². The van der Waals surface area contributed by atoms with Gasteiger partial charge in [-0.25, -0.2) is 8.96 Å². The maximum atomic E-state index is 13.8. The van der Waals surface area contributed by atoms with Crippen LogP contribution in [0.4, 0.5) is 4.39 Å². The van der Waals surface area contributed by atoms with Crippen molar-refractivity contribution < 1.29 is 21.4 Å². The minimum Gasteiger partial charge on any atom is -1.00 e. The molecule has 0 radical (unpaired) electrons. The first-order valence-corrected chi connectivity index (χ1v) is 11.7. The van der Waals surface area contributed by atoms with E-state index in [1.165, 1.54) is 23.3 Å². The van der Waals surface area contributed by atoms with Gasteiger partial charge in [-0.05, 0) is 73.2 Å². The van der Waals surface area contributed by atoms with E-state index in [-0.39, 0.29) is 18.2 Å². The first-order valence-electron chi connectivity index (χ1n) is 11.4. The summed E-state index contributed by atoms with van der Waals surface area (Å²) in [5, 5.41) is 0.692. The molecule has 0 N–H and O–H groups in total. The molecule has 5 aromatic rings. The van der Waals surface area contributed by atoms with Crippen molar-refractivity contribution in [3.63, 3.8) is 0 Å². The number of imidazole rings is 1. The lowest BCUT2D eigenvalue weighted by Gasteiger charge is -2.07. The van der Waals surface area contributed by atoms with Gasteiger partial charge >= 0.3 is 0 Å². The molecule has 2 nitrogen and oxygen atoms in total. The number of hydrogen-bond donors (Lipinski definition) is 0. The second-order valence-corrected chi connectivity index (χ2v) is 8.90. The van der Waals surface area contributed by atoms with E-state index < -0.39 is 0 Å². The Hall–Kier alpha value is -3.40. The van der Waals surface area contributed by atoms with Crippen molar-refractivity contribution in [3.8, 4) is 28.2 Å². The molecular weight excluding hydrogens is 479 g/mol. The zero-order valence-electron chi connectivity index (χ0n) is 19.3. The number of rotatable bonds is 6. The molecular formula is C30H25Cl2FN2. The summed E-state index contributed by atoms with van der Waals surface area (Å²) in [5.74, 6) is -0.245. The third-order valence-corrected chi connectivity index (χ3v) is 6.29. The molecule has 0 atom stereocenters. The molecule has 0 saturated carbocycles. The molecule has 1 aromatic heterocycles. The standard InChI is InChI=1S/C30H25ClFN2.ClH/c1-22-7-17-28(18-8-22)34-21-33(20-19-23-5-3-2-4-6-23)29(24-11-15-27(32)16-12-24)30(34)25-9-13-26(31)14-10-25;/h2-18,21H,19-20H2,1H3;1H/q+1;/p-1/i21+1;. The van der Waals surface area contributed by atoms with Crippen molar-refractivity contribution in [2.45, 2.75) is 19.9 Å². The van der Waals surface area contributed by atoms with Crippen LogP contribution in [-0.2, 0) is 13.0 Å². The summed E-state index contributed by atoms with van der Waals surface area (Å²) in [7, 11) is 0. The summed E-state index contributed by atoms with van der Waals surface area (Å²) in [6, 6.07) is 33.6. The Morgan fingerprint density at radius 2 is 1.40 bits per heavy atom. The van der Waals surface area contributed by atoms with E-state index in [0.717, 1.165) is 41.2 Å². The van der Waals surface area contributed by atoms with Crippen LogP contribution in [0.3, 0.4) is 0 Å². The molecule has 0 fully saturated rings. The van der Waals surface area contributed by atoms with Crippen LogP contribution in [0.5, 0.6) is 0 Å². The highest BCUT2D eigenvalue weighted by Crippen LogP contribution is 2.33. The maximum Gasteiger partial charge on any atom is 0.250 e. The fourth-order valence-corrected chi connectivity index (χ4v) is 4.39. The number of aromatic nitrogens is 2. The lowest BCUT2D eigenvalue weighted by Crippen LogP contribution is -3.00. The molecule has 5 heteroatoms. The highest BCUT2D eigenvalue weighted by atomic mass is 35.5. The first-order chi connectivity index (χ1) is 16.6. The van der Waals surface area contributed by atoms with Gasteiger partial charge in [-0.15, -0.1) is 0 Å². The second-order valence-electron chi connectivity index (χ2n) is 8.46. The molecule has 0 amide bonds. The van der Waals surface area contributed by atoms with Crippen molar-refractivity contribution in [1.29, 1.82) is 0 Å². The van der Waals surface area contributed by atoms with E-state index in [2.05, 4.69) is 70.9 Å². The van der Waals surface area contributed by atoms with Crippen LogP contribution >= 0.6 is 11.6 Å². The smallest absolute Gasteiger partial charge is 0.250 e. The molecule has 0 saturated heterocycles. The normalized spacial score (nSPS) is 10.7. The van der Waals surface area contributed by atoms with Gasteiger partial charge in [0.1, 0.15) is 11.5 Å². The van der Waals surface area contributed by atoms with Crippen LogP contribution in [0.2, 0.25) is 5.02 Å². The van der Waals surface area contributed by atoms with Gasteiger partial charge in [0, 0.05) is 22.6 Å². The third-order valence-electron chi connectivity index (χ3n) is 6.04. The summed E-state index contributed by atoms with van der Waals surface area (Å²) in [6.45, 7) is 2.87. The van der Waals surface area contributed by atoms with Crippen molar-refractivity contribution in [2.24, 2.45) is 0 Å². The summed E-state index contributed by atoms with van der Waals surface area (Å²) < 4.78 is 18.3. The van der Waals surface area contributed by atoms with E-state index in [0.29, 0.717) is 5.02 Å². The first kappa shape index (κ1) is 24.7. The number of nitrogens with zero attached hydrogens (tertiary/aromatic N) is 2. The van der Waals surface area contributed by atoms with Gasteiger partial charge in [-0.1, -0.05) is 59.6 Å². The molecule has 1 heterocycles. The van der Waals surface area contributed by atoms with Crippen LogP contribution in [0.15, 0.2) is 109 Å². The molecule has 0 aliphatic heterocycles. The molecule has 0 aliphatic rings. The van der Waals surface area contributed by atoms with Crippen molar-refractivity contribution in [3.05, 3.63) is 131 Å². The Morgan fingerprint density at radius 3 is 2.06 bits per heavy atom. The lowest BCUT2D eigenvalue weighted by molar-refractivity contribution is -0.685. The van der Waals surface area contributed by atoms with E-state index in [1.54, 1.807) is 0 Å². The van der Waals surface area contributed by atoms with Crippen molar-refractivity contribution in [1.82, 2.24) is 4.57 Å². The molecule has 0 spiro atoms. The lowest BCUT2D eigenvalue weighted by atomic mass is 10.0. The van der Waals surface area contributed by atoms with Crippen LogP contribution in [0.25, 0.3) is 28.2 Å². The van der Waals surface area contributed by atoms with E-state index in [1.807, 2.05) is 42.5 Å². The predicted molar refractivity (Wildman–Crippen MR) is 137 cm³/mol. The van der Waals surface area contributed by atoms with Gasteiger partial charge in [-0.3, -0.25) is 0 Å². The Morgan fingerprint density at radius 1 is 0.771 bits per heavy atom. The third kappa shape index (κ3) is 5.48. The van der Waals surface area contributed by atoms with Crippen LogP contribution in [-0.4, -0.2) is 4.57 Å². The predicted octanol–water partition coefficient (Wildman–Crippen LogP) is 4.45. The highest BCUT2D eigenvalue weighted by molar-refractivity contribution is 6.30. The van der Waals surface area contributed by atoms with Gasteiger partial charge in [0.2, 0.25) is 6.33 Å². The zero-order valence-corrected chi connectivity index (χ0v) is 20.8. The Balaban J connectivity index is 0.00000289. The Kier molecular flexibility index (Phi) is 7.70. The largest absolute Gasteiger partial charge is 1.00 e. The number of benzene rings is 4. The summed E-state index contributed by atoms with van der Waals surface area (Å²) >= 11 is 6.22. The van der Waals surface area contributed by atoms with Crippen LogP contribution < -0.4 is 17.0 Å². The molecule has 176 valence electrons. The van der Waals surface area contributed by atoms with Gasteiger partial charge in [0.25, 0.3) is 0 Å². The summed E-state index contributed by atoms with van der Waals surface area (Å²) in [4.78, 5) is 0. The van der Waals surface area contributed by atoms with E-state index in [4.69, 9.17) is 11.6 Å². The summed E-state index contributed by atoms with van der Waals surface area (Å²) in [5.41, 5.74) is 7.64. The SMILES string of the molecule is Cc1ccc(-n2[13cH][n+](CCc3ccccc3)c(-c3ccc(F)cc3)c2-c2ccc(Cl)cc2)cc1.[Cl-]. The highest BCUT2D eigenvalue weighted by Gasteiger charge is 2.27. The topological polar surface area (TPSA) is 8.81 Å². The van der Waals surface area contributed by atoms with E-state index >= 15 is 0 Å². The number of halogens is 3. The van der Waals surface area contributed by atoms with Gasteiger partial charge in [-0.2, -0.15) is 4.57 Å². The average Bonchev–Trinajstić information content (AvgIpc) is 3.24. The quantitative estimate of drug-likeness (QED) is 0.303. The number of hydrogen-bond acceptors (Lipinski definition) is 0. The molecule has 0 bridgehead atoms. The maximum absolute atomic E-state index is 13.8.